The summed E-state index contributed by atoms with van der Waals surface area (Å²) in [5.74, 6) is 6.30. The van der Waals surface area contributed by atoms with E-state index in [2.05, 4.69) is 39.9 Å². The van der Waals surface area contributed by atoms with Gasteiger partial charge in [0, 0.05) is 28.1 Å². The second-order valence-corrected chi connectivity index (χ2v) is 4.84. The van der Waals surface area contributed by atoms with Gasteiger partial charge >= 0.3 is 0 Å². The summed E-state index contributed by atoms with van der Waals surface area (Å²) in [6.07, 6.45) is 0.865. The summed E-state index contributed by atoms with van der Waals surface area (Å²) in [6, 6.07) is 14.2. The van der Waals surface area contributed by atoms with Crippen molar-refractivity contribution in [1.29, 1.82) is 0 Å². The lowest BCUT2D eigenvalue weighted by atomic mass is 10.1. The van der Waals surface area contributed by atoms with Crippen LogP contribution in [0.15, 0.2) is 46.9 Å². The number of benzene rings is 2. The quantitative estimate of drug-likeness (QED) is 0.468. The molecule has 1 nitrogen and oxygen atoms in total. The highest BCUT2D eigenvalue weighted by molar-refractivity contribution is 9.09. The Hall–Kier alpha value is -1.72. The molecule has 0 saturated heterocycles. The highest BCUT2D eigenvalue weighted by Crippen LogP contribution is 2.28. The lowest BCUT2D eigenvalue weighted by Crippen LogP contribution is -1.74. The van der Waals surface area contributed by atoms with E-state index in [1.165, 1.54) is 0 Å². The Morgan fingerprint density at radius 3 is 2.72 bits per heavy atom. The minimum atomic E-state index is 0.865. The van der Waals surface area contributed by atoms with Crippen molar-refractivity contribution < 1.29 is 4.42 Å². The molecule has 0 spiro atoms. The summed E-state index contributed by atoms with van der Waals surface area (Å²) in [4.78, 5) is 0. The molecular formula is C16H11BrO. The predicted octanol–water partition coefficient (Wildman–Crippen LogP) is 4.72. The molecule has 0 unspecified atom stereocenters. The molecular weight excluding hydrogens is 288 g/mol. The van der Waals surface area contributed by atoms with Crippen molar-refractivity contribution in [3.63, 3.8) is 0 Å². The Kier molecular flexibility index (Phi) is 3.08. The van der Waals surface area contributed by atoms with Crippen LogP contribution in [0.3, 0.4) is 0 Å². The van der Waals surface area contributed by atoms with Crippen LogP contribution >= 0.6 is 15.9 Å². The van der Waals surface area contributed by atoms with Crippen LogP contribution in [0.1, 0.15) is 12.0 Å². The van der Waals surface area contributed by atoms with E-state index in [1.54, 1.807) is 0 Å². The summed E-state index contributed by atoms with van der Waals surface area (Å²) < 4.78 is 5.78. The molecule has 0 N–H and O–H groups in total. The summed E-state index contributed by atoms with van der Waals surface area (Å²) in [5, 5.41) is 3.20. The molecule has 0 atom stereocenters. The summed E-state index contributed by atoms with van der Waals surface area (Å²) in [7, 11) is 0. The van der Waals surface area contributed by atoms with E-state index in [-0.39, 0.29) is 0 Å². The molecule has 3 aromatic rings. The van der Waals surface area contributed by atoms with Gasteiger partial charge in [-0.3, -0.25) is 0 Å². The van der Waals surface area contributed by atoms with Crippen molar-refractivity contribution in [3.05, 3.63) is 48.0 Å². The van der Waals surface area contributed by atoms with E-state index >= 15 is 0 Å². The molecule has 2 aromatic carbocycles. The first-order valence-electron chi connectivity index (χ1n) is 5.84. The first-order valence-corrected chi connectivity index (χ1v) is 6.97. The monoisotopic (exact) mass is 298 g/mol. The molecule has 0 fully saturated rings. The van der Waals surface area contributed by atoms with Crippen LogP contribution in [0.5, 0.6) is 0 Å². The topological polar surface area (TPSA) is 13.1 Å². The van der Waals surface area contributed by atoms with Gasteiger partial charge in [-0.05, 0) is 24.3 Å². The molecule has 3 rings (SSSR count). The average molecular weight is 299 g/mol. The van der Waals surface area contributed by atoms with Crippen molar-refractivity contribution in [2.45, 2.75) is 6.42 Å². The van der Waals surface area contributed by atoms with E-state index in [4.69, 9.17) is 4.42 Å². The van der Waals surface area contributed by atoms with Gasteiger partial charge in [-0.2, -0.15) is 0 Å². The fraction of sp³-hybridized carbons (Fsp3) is 0.125. The molecule has 0 radical (unpaired) electrons. The molecule has 0 aliphatic carbocycles. The van der Waals surface area contributed by atoms with Gasteiger partial charge in [0.2, 0.25) is 0 Å². The van der Waals surface area contributed by atoms with Gasteiger partial charge in [0.25, 0.3) is 0 Å². The molecule has 0 aliphatic heterocycles. The number of hydrogen-bond acceptors (Lipinski definition) is 1. The Morgan fingerprint density at radius 2 is 1.83 bits per heavy atom. The van der Waals surface area contributed by atoms with Crippen LogP contribution in [0, 0.1) is 11.8 Å². The highest BCUT2D eigenvalue weighted by Gasteiger charge is 2.05. The number of furan rings is 1. The number of para-hydroxylation sites is 1. The summed E-state index contributed by atoms with van der Waals surface area (Å²) >= 11 is 3.37. The molecule has 0 aliphatic rings. The van der Waals surface area contributed by atoms with Crippen LogP contribution in [0.4, 0.5) is 0 Å². The Morgan fingerprint density at radius 1 is 1.00 bits per heavy atom. The SMILES string of the molecule is BrCCC#Cc1ccc2oc3ccccc3c2c1. The second kappa shape index (κ2) is 4.88. The second-order valence-electron chi connectivity index (χ2n) is 4.05. The molecule has 0 saturated carbocycles. The zero-order chi connectivity index (χ0) is 12.4. The van der Waals surface area contributed by atoms with E-state index in [9.17, 15) is 0 Å². The molecule has 0 amide bonds. The van der Waals surface area contributed by atoms with Crippen LogP contribution in [-0.4, -0.2) is 5.33 Å². The van der Waals surface area contributed by atoms with E-state index < -0.39 is 0 Å². The molecule has 88 valence electrons. The Labute approximate surface area is 114 Å². The first-order chi connectivity index (χ1) is 8.88. The number of halogens is 1. The Bertz CT molecular complexity index is 759. The van der Waals surface area contributed by atoms with Crippen molar-refractivity contribution in [2.75, 3.05) is 5.33 Å². The lowest BCUT2D eigenvalue weighted by molar-refractivity contribution is 0.669. The van der Waals surface area contributed by atoms with Crippen molar-refractivity contribution >= 4 is 37.9 Å². The number of fused-ring (bicyclic) bond motifs is 3. The third kappa shape index (κ3) is 2.02. The van der Waals surface area contributed by atoms with Gasteiger partial charge in [0.15, 0.2) is 0 Å². The van der Waals surface area contributed by atoms with Crippen LogP contribution in [0.2, 0.25) is 0 Å². The van der Waals surface area contributed by atoms with E-state index in [1.807, 2.05) is 30.3 Å². The normalized spacial score (nSPS) is 10.5. The maximum absolute atomic E-state index is 5.78. The zero-order valence-corrected chi connectivity index (χ0v) is 11.3. The smallest absolute Gasteiger partial charge is 0.135 e. The third-order valence-corrected chi connectivity index (χ3v) is 3.23. The zero-order valence-electron chi connectivity index (χ0n) is 9.74. The van der Waals surface area contributed by atoms with Gasteiger partial charge in [0.1, 0.15) is 11.2 Å². The van der Waals surface area contributed by atoms with Crippen molar-refractivity contribution in [1.82, 2.24) is 0 Å². The maximum Gasteiger partial charge on any atom is 0.135 e. The molecule has 2 heteroatoms. The average Bonchev–Trinajstić information content (AvgIpc) is 2.77. The van der Waals surface area contributed by atoms with E-state index in [0.29, 0.717) is 0 Å². The minimum Gasteiger partial charge on any atom is -0.456 e. The number of hydrogen-bond donors (Lipinski definition) is 0. The third-order valence-electron chi connectivity index (χ3n) is 2.83. The van der Waals surface area contributed by atoms with Gasteiger partial charge in [-0.25, -0.2) is 0 Å². The molecule has 1 heterocycles. The largest absolute Gasteiger partial charge is 0.456 e. The Balaban J connectivity index is 2.16. The first kappa shape index (κ1) is 11.4. The lowest BCUT2D eigenvalue weighted by Gasteiger charge is -1.91. The maximum atomic E-state index is 5.78. The van der Waals surface area contributed by atoms with Gasteiger partial charge in [0.05, 0.1) is 0 Å². The minimum absolute atomic E-state index is 0.865. The van der Waals surface area contributed by atoms with Crippen LogP contribution < -0.4 is 0 Å². The van der Waals surface area contributed by atoms with Gasteiger partial charge < -0.3 is 4.42 Å². The van der Waals surface area contributed by atoms with E-state index in [0.717, 1.165) is 39.3 Å². The highest BCUT2D eigenvalue weighted by atomic mass is 79.9. The van der Waals surface area contributed by atoms with Crippen LogP contribution in [0.25, 0.3) is 21.9 Å². The molecule has 1 aromatic heterocycles. The van der Waals surface area contributed by atoms with Crippen molar-refractivity contribution in [2.24, 2.45) is 0 Å². The standard InChI is InChI=1S/C16H11BrO/c17-10-4-3-5-12-8-9-16-14(11-12)13-6-1-2-7-15(13)18-16/h1-2,6-9,11H,4,10H2. The van der Waals surface area contributed by atoms with Crippen LogP contribution in [-0.2, 0) is 0 Å². The molecule has 18 heavy (non-hydrogen) atoms. The fourth-order valence-corrected chi connectivity index (χ4v) is 2.21. The predicted molar refractivity (Wildman–Crippen MR) is 79.0 cm³/mol. The van der Waals surface area contributed by atoms with Gasteiger partial charge in [-0.15, -0.1) is 0 Å². The summed E-state index contributed by atoms with van der Waals surface area (Å²) in [6.45, 7) is 0. The fourth-order valence-electron chi connectivity index (χ4n) is 2.02. The molecule has 0 bridgehead atoms. The summed E-state index contributed by atoms with van der Waals surface area (Å²) in [5.41, 5.74) is 2.88. The number of alkyl halides is 1. The number of rotatable bonds is 1. The van der Waals surface area contributed by atoms with Crippen molar-refractivity contribution in [3.8, 4) is 11.8 Å². The van der Waals surface area contributed by atoms with Gasteiger partial charge in [-0.1, -0.05) is 46.0 Å².